The molecule has 3 nitrogen and oxygen atoms in total. The van der Waals surface area contributed by atoms with E-state index in [2.05, 4.69) is 0 Å². The summed E-state index contributed by atoms with van der Waals surface area (Å²) in [5.74, 6) is 0. The van der Waals surface area contributed by atoms with Crippen molar-refractivity contribution in [2.75, 3.05) is 6.26 Å². The highest BCUT2D eigenvalue weighted by Crippen LogP contribution is 2.24. The molecule has 0 amide bonds. The molecule has 0 saturated carbocycles. The van der Waals surface area contributed by atoms with Gasteiger partial charge in [-0.15, -0.1) is 0 Å². The van der Waals surface area contributed by atoms with E-state index in [0.717, 1.165) is 16.7 Å². The van der Waals surface area contributed by atoms with Gasteiger partial charge in [0.05, 0.1) is 5.25 Å². The van der Waals surface area contributed by atoms with Gasteiger partial charge in [0.15, 0.2) is 9.84 Å². The lowest BCUT2D eigenvalue weighted by atomic mass is 10.00. The van der Waals surface area contributed by atoms with Crippen LogP contribution in [0.3, 0.4) is 0 Å². The Balaban J connectivity index is 2.25. The van der Waals surface area contributed by atoms with Crippen molar-refractivity contribution in [3.05, 3.63) is 60.2 Å². The van der Waals surface area contributed by atoms with Gasteiger partial charge in [-0.2, -0.15) is 0 Å². The highest BCUT2D eigenvalue weighted by atomic mass is 32.2. The highest BCUT2D eigenvalue weighted by Gasteiger charge is 2.23. The smallest absolute Gasteiger partial charge is 0.151 e. The number of hydrogen-bond donors (Lipinski definition) is 1. The average molecular weight is 289 g/mol. The summed E-state index contributed by atoms with van der Waals surface area (Å²) in [6.45, 7) is 1.64. The van der Waals surface area contributed by atoms with Crippen molar-refractivity contribution in [3.63, 3.8) is 0 Å². The van der Waals surface area contributed by atoms with E-state index in [1.165, 1.54) is 6.26 Å². The van der Waals surface area contributed by atoms with Gasteiger partial charge in [0.2, 0.25) is 0 Å². The van der Waals surface area contributed by atoms with Crippen LogP contribution in [0.1, 0.15) is 18.5 Å². The van der Waals surface area contributed by atoms with Gasteiger partial charge >= 0.3 is 0 Å². The Kier molecular flexibility index (Phi) is 4.26. The third-order valence-corrected chi connectivity index (χ3v) is 5.23. The zero-order valence-electron chi connectivity index (χ0n) is 11.7. The topological polar surface area (TPSA) is 60.2 Å². The van der Waals surface area contributed by atoms with Gasteiger partial charge in [-0.1, -0.05) is 54.6 Å². The van der Waals surface area contributed by atoms with Crippen molar-refractivity contribution < 1.29 is 8.42 Å². The molecule has 2 N–H and O–H groups in total. The molecule has 4 heteroatoms. The minimum Gasteiger partial charge on any atom is -0.323 e. The first-order chi connectivity index (χ1) is 9.39. The molecule has 0 bridgehead atoms. The van der Waals surface area contributed by atoms with Crippen LogP contribution in [-0.2, 0) is 9.84 Å². The van der Waals surface area contributed by atoms with E-state index in [-0.39, 0.29) is 0 Å². The maximum absolute atomic E-state index is 11.6. The molecule has 0 saturated heterocycles. The maximum Gasteiger partial charge on any atom is 0.151 e. The summed E-state index contributed by atoms with van der Waals surface area (Å²) in [7, 11) is -3.14. The Labute approximate surface area is 120 Å². The molecule has 106 valence electrons. The van der Waals surface area contributed by atoms with Gasteiger partial charge in [-0.3, -0.25) is 0 Å². The zero-order valence-corrected chi connectivity index (χ0v) is 12.5. The van der Waals surface area contributed by atoms with Crippen molar-refractivity contribution in [1.82, 2.24) is 0 Å². The average Bonchev–Trinajstić information content (AvgIpc) is 2.46. The van der Waals surface area contributed by atoms with Crippen LogP contribution in [0.25, 0.3) is 11.1 Å². The van der Waals surface area contributed by atoms with Crippen LogP contribution in [0.15, 0.2) is 54.6 Å². The predicted octanol–water partition coefficient (Wildman–Crippen LogP) is 2.79. The van der Waals surface area contributed by atoms with Gasteiger partial charge < -0.3 is 5.73 Å². The van der Waals surface area contributed by atoms with Gasteiger partial charge in [0.25, 0.3) is 0 Å². The number of sulfone groups is 1. The number of nitrogens with two attached hydrogens (primary N) is 1. The lowest BCUT2D eigenvalue weighted by Gasteiger charge is -2.19. The molecule has 0 aliphatic rings. The summed E-state index contributed by atoms with van der Waals surface area (Å²) < 4.78 is 23.1. The molecular weight excluding hydrogens is 270 g/mol. The summed E-state index contributed by atoms with van der Waals surface area (Å²) in [6.07, 6.45) is 1.22. The van der Waals surface area contributed by atoms with Crippen LogP contribution in [0, 0.1) is 0 Å². The molecule has 0 fully saturated rings. The second kappa shape index (κ2) is 5.77. The minimum absolute atomic E-state index is 0.505. The minimum atomic E-state index is -3.14. The molecule has 0 aliphatic heterocycles. The fourth-order valence-electron chi connectivity index (χ4n) is 2.07. The third-order valence-electron chi connectivity index (χ3n) is 3.58. The summed E-state index contributed by atoms with van der Waals surface area (Å²) in [6, 6.07) is 17.3. The second-order valence-electron chi connectivity index (χ2n) is 5.05. The monoisotopic (exact) mass is 289 g/mol. The molecule has 0 radical (unpaired) electrons. The molecule has 2 aromatic rings. The lowest BCUT2D eigenvalue weighted by molar-refractivity contribution is 0.571. The van der Waals surface area contributed by atoms with Crippen LogP contribution in [0.4, 0.5) is 0 Å². The zero-order chi connectivity index (χ0) is 14.8. The summed E-state index contributed by atoms with van der Waals surface area (Å²) in [5, 5.41) is -0.593. The Morgan fingerprint density at radius 3 is 1.90 bits per heavy atom. The van der Waals surface area contributed by atoms with Gasteiger partial charge in [-0.05, 0) is 23.6 Å². The molecule has 0 unspecified atom stereocenters. The summed E-state index contributed by atoms with van der Waals surface area (Å²) in [4.78, 5) is 0. The number of hydrogen-bond acceptors (Lipinski definition) is 3. The van der Waals surface area contributed by atoms with Crippen LogP contribution in [-0.4, -0.2) is 19.9 Å². The summed E-state index contributed by atoms with van der Waals surface area (Å²) in [5.41, 5.74) is 9.09. The predicted molar refractivity (Wildman–Crippen MR) is 83.1 cm³/mol. The largest absolute Gasteiger partial charge is 0.323 e. The first-order valence-electron chi connectivity index (χ1n) is 6.49. The molecule has 0 aliphatic carbocycles. The second-order valence-corrected chi connectivity index (χ2v) is 7.45. The van der Waals surface area contributed by atoms with Gasteiger partial charge in [0.1, 0.15) is 0 Å². The number of benzene rings is 2. The molecule has 2 rings (SSSR count). The third kappa shape index (κ3) is 3.26. The fourth-order valence-corrected chi connectivity index (χ4v) is 2.76. The fraction of sp³-hybridized carbons (Fsp3) is 0.250. The van der Waals surface area contributed by atoms with Crippen molar-refractivity contribution in [2.45, 2.75) is 18.2 Å². The molecule has 0 heterocycles. The Hall–Kier alpha value is -1.65. The van der Waals surface area contributed by atoms with Crippen LogP contribution in [0.5, 0.6) is 0 Å². The van der Waals surface area contributed by atoms with Gasteiger partial charge in [-0.25, -0.2) is 8.42 Å². The van der Waals surface area contributed by atoms with Crippen LogP contribution in [0.2, 0.25) is 0 Å². The molecule has 0 spiro atoms. The van der Waals surface area contributed by atoms with Crippen LogP contribution >= 0.6 is 0 Å². The van der Waals surface area contributed by atoms with E-state index in [1.54, 1.807) is 6.92 Å². The van der Waals surface area contributed by atoms with E-state index in [0.29, 0.717) is 0 Å². The normalized spacial score (nSPS) is 14.8. The molecule has 2 atom stereocenters. The molecule has 20 heavy (non-hydrogen) atoms. The lowest BCUT2D eigenvalue weighted by Crippen LogP contribution is -2.30. The SMILES string of the molecule is C[C@@H]([C@H](N)c1ccc(-c2ccccc2)cc1)S(C)(=O)=O. The van der Waals surface area contributed by atoms with Crippen molar-refractivity contribution >= 4 is 9.84 Å². The van der Waals surface area contributed by atoms with Crippen molar-refractivity contribution in [1.29, 1.82) is 0 Å². The molecular formula is C16H19NO2S. The summed E-state index contributed by atoms with van der Waals surface area (Å²) >= 11 is 0. The first-order valence-corrected chi connectivity index (χ1v) is 8.45. The molecule has 0 aromatic heterocycles. The quantitative estimate of drug-likeness (QED) is 0.941. The number of rotatable bonds is 4. The molecule has 2 aromatic carbocycles. The van der Waals surface area contributed by atoms with Crippen molar-refractivity contribution in [3.8, 4) is 11.1 Å². The van der Waals surface area contributed by atoms with E-state index in [9.17, 15) is 8.42 Å². The first kappa shape index (κ1) is 14.8. The Morgan fingerprint density at radius 2 is 1.40 bits per heavy atom. The van der Waals surface area contributed by atoms with Crippen molar-refractivity contribution in [2.24, 2.45) is 5.73 Å². The van der Waals surface area contributed by atoms with Crippen LogP contribution < -0.4 is 5.73 Å². The standard InChI is InChI=1S/C16H19NO2S/c1-12(20(2,18)19)16(17)15-10-8-14(9-11-15)13-6-4-3-5-7-13/h3-12,16H,17H2,1-2H3/t12-,16-/m0/s1. The highest BCUT2D eigenvalue weighted by molar-refractivity contribution is 7.91. The van der Waals surface area contributed by atoms with E-state index >= 15 is 0 Å². The van der Waals surface area contributed by atoms with E-state index < -0.39 is 21.1 Å². The Morgan fingerprint density at radius 1 is 0.900 bits per heavy atom. The van der Waals surface area contributed by atoms with Gasteiger partial charge in [0, 0.05) is 12.3 Å². The Bertz CT molecular complexity index is 663. The van der Waals surface area contributed by atoms with E-state index in [1.807, 2.05) is 54.6 Å². The maximum atomic E-state index is 11.6. The van der Waals surface area contributed by atoms with E-state index in [4.69, 9.17) is 5.73 Å².